The van der Waals surface area contributed by atoms with Crippen molar-refractivity contribution in [2.24, 2.45) is 7.05 Å². The number of aryl methyl sites for hydroxylation is 1. The highest BCUT2D eigenvalue weighted by atomic mass is 35.5. The first-order valence-electron chi connectivity index (χ1n) is 9.13. The summed E-state index contributed by atoms with van der Waals surface area (Å²) in [5, 5.41) is 7.97. The summed E-state index contributed by atoms with van der Waals surface area (Å²) in [7, 11) is 1.28. The van der Waals surface area contributed by atoms with Gasteiger partial charge in [-0.1, -0.05) is 24.6 Å². The van der Waals surface area contributed by atoms with Crippen molar-refractivity contribution < 1.29 is 31.8 Å². The van der Waals surface area contributed by atoms with Gasteiger partial charge in [0.25, 0.3) is 0 Å². The zero-order valence-corrected chi connectivity index (χ0v) is 18.2. The summed E-state index contributed by atoms with van der Waals surface area (Å²) in [6.45, 7) is 1.78. The van der Waals surface area contributed by atoms with Crippen molar-refractivity contribution >= 4 is 29.6 Å². The molecule has 32 heavy (non-hydrogen) atoms. The van der Waals surface area contributed by atoms with Crippen LogP contribution in [-0.2, 0) is 17.8 Å². The van der Waals surface area contributed by atoms with Crippen LogP contribution in [0.2, 0.25) is 5.02 Å². The highest BCUT2D eigenvalue weighted by molar-refractivity contribution is 7.99. The van der Waals surface area contributed by atoms with Crippen LogP contribution in [0.4, 0.5) is 22.1 Å². The molecule has 0 saturated heterocycles. The van der Waals surface area contributed by atoms with Gasteiger partial charge in [0.2, 0.25) is 0 Å². The summed E-state index contributed by atoms with van der Waals surface area (Å²) in [4.78, 5) is 13.6. The van der Waals surface area contributed by atoms with Gasteiger partial charge in [0.1, 0.15) is 0 Å². The number of benzene rings is 1. The maximum absolute atomic E-state index is 14.7. The van der Waals surface area contributed by atoms with Gasteiger partial charge in [-0.15, -0.1) is 16.7 Å². The number of aromatic nitrogens is 4. The highest BCUT2D eigenvalue weighted by Gasteiger charge is 2.64. The molecule has 0 aliphatic rings. The largest absolute Gasteiger partial charge is 0.458 e. The molecule has 6 nitrogen and oxygen atoms in total. The average Bonchev–Trinajstić information content (AvgIpc) is 3.35. The Bertz CT molecular complexity index is 1130. The van der Waals surface area contributed by atoms with Gasteiger partial charge in [0, 0.05) is 24.4 Å². The molecule has 1 aromatic carbocycles. The molecular weight excluding hydrogens is 479 g/mol. The van der Waals surface area contributed by atoms with Crippen LogP contribution in [0.25, 0.3) is 16.9 Å². The van der Waals surface area contributed by atoms with Gasteiger partial charge < -0.3 is 0 Å². The number of halogens is 6. The van der Waals surface area contributed by atoms with E-state index in [-0.39, 0.29) is 21.3 Å². The third-order valence-electron chi connectivity index (χ3n) is 4.46. The topological polar surface area (TPSA) is 61.9 Å². The van der Waals surface area contributed by atoms with Crippen molar-refractivity contribution in [3.8, 4) is 16.9 Å². The van der Waals surface area contributed by atoms with Gasteiger partial charge >= 0.3 is 12.0 Å². The van der Waals surface area contributed by atoms with E-state index in [4.69, 9.17) is 11.6 Å². The van der Waals surface area contributed by atoms with Crippen LogP contribution in [0.1, 0.15) is 29.4 Å². The minimum absolute atomic E-state index is 0.0161. The Morgan fingerprint density at radius 1 is 1.25 bits per heavy atom. The molecule has 2 heterocycles. The van der Waals surface area contributed by atoms with E-state index in [0.29, 0.717) is 29.6 Å². The minimum Gasteiger partial charge on any atom is -0.298 e. The van der Waals surface area contributed by atoms with Crippen molar-refractivity contribution in [1.82, 2.24) is 19.6 Å². The Hall–Kier alpha value is -2.44. The second-order valence-electron chi connectivity index (χ2n) is 6.67. The number of nitrogens with zero attached hydrogens (tertiary/aromatic N) is 4. The lowest BCUT2D eigenvalue weighted by Crippen LogP contribution is -2.40. The molecule has 0 amide bonds. The van der Waals surface area contributed by atoms with Crippen LogP contribution in [0.3, 0.4) is 0 Å². The van der Waals surface area contributed by atoms with Crippen LogP contribution in [-0.4, -0.2) is 37.8 Å². The number of rotatable bonds is 8. The zero-order chi connectivity index (χ0) is 23.7. The maximum atomic E-state index is 14.7. The first-order valence-corrected chi connectivity index (χ1v) is 10.5. The van der Waals surface area contributed by atoms with E-state index in [0.717, 1.165) is 16.4 Å². The normalized spacial score (nSPS) is 13.9. The van der Waals surface area contributed by atoms with Crippen molar-refractivity contribution in [2.45, 2.75) is 30.3 Å². The van der Waals surface area contributed by atoms with Gasteiger partial charge in [-0.05, 0) is 34.4 Å². The Morgan fingerprint density at radius 2 is 1.97 bits per heavy atom. The second kappa shape index (κ2) is 9.20. The van der Waals surface area contributed by atoms with E-state index in [9.17, 15) is 26.9 Å². The Balaban J connectivity index is 2.15. The SMILES string of the molecule is CCCSc1c(C(F)(OF)C(F)(F)F)nn(C)c1-n1cc(-c2ccc(Cl)c(C=O)c2)cn1. The maximum Gasteiger partial charge on any atom is 0.458 e. The molecule has 3 rings (SSSR count). The standard InChI is InChI=1S/C19H16ClF5N4O2S/c1-3-6-32-15-16(18(21,31-25)19(22,23)24)27-28(2)17(15)29-9-13(8-26-29)11-4-5-14(20)12(7-11)10-30/h4-5,7-10H,3,6H2,1-2H3. The second-order valence-corrected chi connectivity index (χ2v) is 8.18. The third kappa shape index (κ3) is 4.26. The molecule has 0 radical (unpaired) electrons. The molecular formula is C19H16ClF5N4O2S. The minimum atomic E-state index is -5.71. The van der Waals surface area contributed by atoms with Crippen molar-refractivity contribution in [3.05, 3.63) is 46.9 Å². The molecule has 13 heteroatoms. The van der Waals surface area contributed by atoms with Crippen LogP contribution in [0.15, 0.2) is 35.5 Å². The molecule has 0 spiro atoms. The van der Waals surface area contributed by atoms with E-state index in [1.54, 1.807) is 13.0 Å². The first kappa shape index (κ1) is 24.2. The molecule has 1 atom stereocenters. The van der Waals surface area contributed by atoms with E-state index in [1.165, 1.54) is 36.3 Å². The molecule has 0 aliphatic carbocycles. The van der Waals surface area contributed by atoms with Gasteiger partial charge in [-0.3, -0.25) is 4.79 Å². The molecule has 3 aromatic rings. The number of alkyl halides is 4. The highest BCUT2D eigenvalue weighted by Crippen LogP contribution is 2.48. The molecule has 0 fully saturated rings. The monoisotopic (exact) mass is 494 g/mol. The summed E-state index contributed by atoms with van der Waals surface area (Å²) in [5.41, 5.74) is 0.0554. The lowest BCUT2D eigenvalue weighted by atomic mass is 10.1. The zero-order valence-electron chi connectivity index (χ0n) is 16.7. The summed E-state index contributed by atoms with van der Waals surface area (Å²) < 4.78 is 69.6. The first-order chi connectivity index (χ1) is 15.1. The van der Waals surface area contributed by atoms with Crippen LogP contribution in [0.5, 0.6) is 0 Å². The number of hydrogen-bond donors (Lipinski definition) is 0. The molecule has 0 bridgehead atoms. The smallest absolute Gasteiger partial charge is 0.298 e. The lowest BCUT2D eigenvalue weighted by molar-refractivity contribution is -0.413. The molecule has 0 aliphatic heterocycles. The Morgan fingerprint density at radius 3 is 2.56 bits per heavy atom. The predicted octanol–water partition coefficient (Wildman–Crippen LogP) is 5.83. The number of thioether (sulfide) groups is 1. The van der Waals surface area contributed by atoms with E-state index in [2.05, 4.69) is 15.1 Å². The predicted molar refractivity (Wildman–Crippen MR) is 108 cm³/mol. The Kier molecular flexibility index (Phi) is 6.96. The summed E-state index contributed by atoms with van der Waals surface area (Å²) >= 11 is 6.80. The van der Waals surface area contributed by atoms with Gasteiger partial charge in [0.05, 0.1) is 16.1 Å². The van der Waals surface area contributed by atoms with Crippen LogP contribution in [0, 0.1) is 0 Å². The molecule has 0 saturated carbocycles. The lowest BCUT2D eigenvalue weighted by Gasteiger charge is -2.22. The molecule has 0 N–H and O–H groups in total. The molecule has 172 valence electrons. The summed E-state index contributed by atoms with van der Waals surface area (Å²) in [5.74, 6) is -4.46. The van der Waals surface area contributed by atoms with Gasteiger partial charge in [-0.2, -0.15) is 27.8 Å². The Labute approximate surface area is 188 Å². The average molecular weight is 495 g/mol. The number of hydrogen-bond acceptors (Lipinski definition) is 5. The van der Waals surface area contributed by atoms with E-state index < -0.39 is 17.7 Å². The summed E-state index contributed by atoms with van der Waals surface area (Å²) in [6.07, 6.45) is -1.73. The quantitative estimate of drug-likeness (QED) is 0.224. The molecule has 1 unspecified atom stereocenters. The fourth-order valence-electron chi connectivity index (χ4n) is 2.91. The van der Waals surface area contributed by atoms with E-state index >= 15 is 0 Å². The van der Waals surface area contributed by atoms with Crippen molar-refractivity contribution in [3.63, 3.8) is 0 Å². The fraction of sp³-hybridized carbons (Fsp3) is 0.316. The number of carbonyl (C=O) groups excluding carboxylic acids is 1. The number of aldehydes is 1. The fourth-order valence-corrected chi connectivity index (χ4v) is 4.15. The van der Waals surface area contributed by atoms with Crippen LogP contribution < -0.4 is 0 Å². The van der Waals surface area contributed by atoms with E-state index in [1.807, 2.05) is 0 Å². The third-order valence-corrected chi connectivity index (χ3v) is 6.08. The van der Waals surface area contributed by atoms with Gasteiger partial charge in [-0.25, -0.2) is 9.36 Å². The van der Waals surface area contributed by atoms with Crippen LogP contribution >= 0.6 is 23.4 Å². The molecule has 2 aromatic heterocycles. The van der Waals surface area contributed by atoms with Gasteiger partial charge in [0.15, 0.2) is 17.8 Å². The summed E-state index contributed by atoms with van der Waals surface area (Å²) in [6, 6.07) is 4.67. The van der Waals surface area contributed by atoms with Crippen molar-refractivity contribution in [2.75, 3.05) is 5.75 Å². The number of carbonyl (C=O) groups is 1. The van der Waals surface area contributed by atoms with Crippen molar-refractivity contribution in [1.29, 1.82) is 0 Å².